The molecule has 1 aliphatic rings. The predicted molar refractivity (Wildman–Crippen MR) is 114 cm³/mol. The summed E-state index contributed by atoms with van der Waals surface area (Å²) in [4.78, 5) is 19.3. The lowest BCUT2D eigenvalue weighted by atomic mass is 10.0. The Morgan fingerprint density at radius 1 is 1.19 bits per heavy atom. The van der Waals surface area contributed by atoms with Crippen LogP contribution < -0.4 is 5.32 Å². The number of amides is 1. The first kappa shape index (κ1) is 19.2. The zero-order chi connectivity index (χ0) is 19.2. The van der Waals surface area contributed by atoms with E-state index in [1.54, 1.807) is 24.2 Å². The fourth-order valence-corrected chi connectivity index (χ4v) is 3.97. The van der Waals surface area contributed by atoms with Gasteiger partial charge in [-0.25, -0.2) is 0 Å². The normalized spacial score (nSPS) is 15.2. The Labute approximate surface area is 165 Å². The van der Waals surface area contributed by atoms with Crippen molar-refractivity contribution in [3.63, 3.8) is 0 Å². The van der Waals surface area contributed by atoms with Crippen LogP contribution in [0.4, 0.5) is 0 Å². The van der Waals surface area contributed by atoms with Crippen molar-refractivity contribution in [1.29, 1.82) is 0 Å². The minimum Gasteiger partial charge on any atom is -0.345 e. The largest absolute Gasteiger partial charge is 0.345 e. The van der Waals surface area contributed by atoms with Gasteiger partial charge in [0.25, 0.3) is 5.91 Å². The molecule has 0 saturated carbocycles. The molecule has 1 aliphatic heterocycles. The summed E-state index contributed by atoms with van der Waals surface area (Å²) in [5, 5.41) is 3.13. The van der Waals surface area contributed by atoms with Crippen LogP contribution in [0.1, 0.15) is 37.0 Å². The van der Waals surface area contributed by atoms with E-state index >= 15 is 0 Å². The molecule has 1 aromatic carbocycles. The van der Waals surface area contributed by atoms with Gasteiger partial charge in [0.2, 0.25) is 0 Å². The third-order valence-corrected chi connectivity index (χ3v) is 5.88. The lowest BCUT2D eigenvalue weighted by Gasteiger charge is -2.18. The van der Waals surface area contributed by atoms with Crippen LogP contribution in [-0.2, 0) is 0 Å². The zero-order valence-corrected chi connectivity index (χ0v) is 16.6. The number of nitrogens with zero attached hydrogens (tertiary/aromatic N) is 1. The first-order chi connectivity index (χ1) is 13.0. The molecule has 0 aliphatic carbocycles. The van der Waals surface area contributed by atoms with Gasteiger partial charge in [-0.2, -0.15) is 0 Å². The van der Waals surface area contributed by atoms with Crippen molar-refractivity contribution in [3.8, 4) is 11.1 Å². The molecule has 2 heterocycles. The topological polar surface area (TPSA) is 42.0 Å². The maximum Gasteiger partial charge on any atom is 0.251 e. The molecule has 0 fully saturated rings. The second-order valence-electron chi connectivity index (χ2n) is 6.65. The molecule has 0 spiro atoms. The molecule has 138 valence electrons. The van der Waals surface area contributed by atoms with E-state index < -0.39 is 0 Å². The van der Waals surface area contributed by atoms with Crippen LogP contribution in [0, 0.1) is 0 Å². The van der Waals surface area contributed by atoms with Crippen molar-refractivity contribution in [1.82, 2.24) is 10.3 Å². The molecule has 1 atom stereocenters. The number of allylic oxidation sites excluding steroid dienone is 3. The molecule has 0 bridgehead atoms. The number of nitrogens with one attached hydrogen (secondary N) is 1. The Morgan fingerprint density at radius 3 is 2.70 bits per heavy atom. The van der Waals surface area contributed by atoms with Crippen LogP contribution in [0.2, 0.25) is 0 Å². The Hall–Kier alpha value is -2.59. The molecule has 1 amide bonds. The highest BCUT2D eigenvalue weighted by Gasteiger charge is 2.17. The summed E-state index contributed by atoms with van der Waals surface area (Å²) in [6.07, 6.45) is 9.98. The van der Waals surface area contributed by atoms with Gasteiger partial charge in [0.15, 0.2) is 0 Å². The van der Waals surface area contributed by atoms with Crippen LogP contribution in [0.25, 0.3) is 11.1 Å². The average Bonchev–Trinajstić information content (AvgIpc) is 2.95. The number of rotatable bonds is 5. The van der Waals surface area contributed by atoms with Crippen molar-refractivity contribution in [2.24, 2.45) is 0 Å². The highest BCUT2D eigenvalue weighted by atomic mass is 32.2. The Balaban J connectivity index is 1.73. The molecule has 0 saturated heterocycles. The highest BCUT2D eigenvalue weighted by molar-refractivity contribution is 8.07. The number of carbonyl (C=O) groups is 1. The van der Waals surface area contributed by atoms with Crippen molar-refractivity contribution >= 4 is 17.7 Å². The summed E-state index contributed by atoms with van der Waals surface area (Å²) < 4.78 is 0. The first-order valence-corrected chi connectivity index (χ1v) is 9.91. The summed E-state index contributed by atoms with van der Waals surface area (Å²) in [7, 11) is 0. The molecule has 1 N–H and O–H groups in total. The SMILES string of the molecule is C=C(C)C1=CCCC=C(C(C)NC(=O)c2cccc(-c3cccnc3)c2)S1. The predicted octanol–water partition coefficient (Wildman–Crippen LogP) is 5.74. The van der Waals surface area contributed by atoms with Gasteiger partial charge in [-0.1, -0.05) is 48.7 Å². The summed E-state index contributed by atoms with van der Waals surface area (Å²) in [6, 6.07) is 11.5. The van der Waals surface area contributed by atoms with Gasteiger partial charge in [0.1, 0.15) is 0 Å². The fraction of sp³-hybridized carbons (Fsp3) is 0.217. The summed E-state index contributed by atoms with van der Waals surface area (Å²) in [5.74, 6) is -0.0696. The molecule has 0 radical (unpaired) electrons. The number of hydrogen-bond donors (Lipinski definition) is 1. The number of hydrogen-bond acceptors (Lipinski definition) is 3. The third-order valence-electron chi connectivity index (χ3n) is 4.38. The van der Waals surface area contributed by atoms with Crippen LogP contribution >= 0.6 is 11.8 Å². The van der Waals surface area contributed by atoms with Crippen LogP contribution in [0.15, 0.2) is 82.9 Å². The number of thioether (sulfide) groups is 1. The third kappa shape index (κ3) is 4.98. The number of aromatic nitrogens is 1. The maximum atomic E-state index is 12.8. The number of carbonyl (C=O) groups excluding carboxylic acids is 1. The van der Waals surface area contributed by atoms with Crippen LogP contribution in [0.5, 0.6) is 0 Å². The van der Waals surface area contributed by atoms with E-state index in [2.05, 4.69) is 29.0 Å². The van der Waals surface area contributed by atoms with E-state index in [-0.39, 0.29) is 11.9 Å². The van der Waals surface area contributed by atoms with Gasteiger partial charge in [0.05, 0.1) is 6.04 Å². The van der Waals surface area contributed by atoms with E-state index in [0.29, 0.717) is 5.56 Å². The zero-order valence-electron chi connectivity index (χ0n) is 15.7. The van der Waals surface area contributed by atoms with Gasteiger partial charge in [-0.15, -0.1) is 0 Å². The van der Waals surface area contributed by atoms with E-state index in [1.807, 2.05) is 50.2 Å². The van der Waals surface area contributed by atoms with Gasteiger partial charge < -0.3 is 5.32 Å². The fourth-order valence-electron chi connectivity index (χ4n) is 2.90. The van der Waals surface area contributed by atoms with Crippen molar-refractivity contribution in [2.45, 2.75) is 32.7 Å². The number of pyridine rings is 1. The van der Waals surface area contributed by atoms with Crippen LogP contribution in [-0.4, -0.2) is 16.9 Å². The molecule has 1 aromatic heterocycles. The molecular weight excluding hydrogens is 352 g/mol. The summed E-state index contributed by atoms with van der Waals surface area (Å²) in [6.45, 7) is 8.11. The molecule has 2 aromatic rings. The van der Waals surface area contributed by atoms with E-state index in [4.69, 9.17) is 0 Å². The second-order valence-corrected chi connectivity index (χ2v) is 7.77. The van der Waals surface area contributed by atoms with E-state index in [0.717, 1.165) is 29.5 Å². The molecule has 1 unspecified atom stereocenters. The minimum absolute atomic E-state index is 0.0506. The quantitative estimate of drug-likeness (QED) is 0.724. The average molecular weight is 377 g/mol. The minimum atomic E-state index is -0.0696. The maximum absolute atomic E-state index is 12.8. The Bertz CT molecular complexity index is 900. The van der Waals surface area contributed by atoms with E-state index in [9.17, 15) is 4.79 Å². The highest BCUT2D eigenvalue weighted by Crippen LogP contribution is 2.35. The monoisotopic (exact) mass is 376 g/mol. The molecular formula is C23H24N2OS. The summed E-state index contributed by atoms with van der Waals surface area (Å²) >= 11 is 1.71. The van der Waals surface area contributed by atoms with Crippen molar-refractivity contribution < 1.29 is 4.79 Å². The second kappa shape index (κ2) is 8.87. The lowest BCUT2D eigenvalue weighted by molar-refractivity contribution is 0.0946. The number of benzene rings is 1. The smallest absolute Gasteiger partial charge is 0.251 e. The van der Waals surface area contributed by atoms with E-state index in [1.165, 1.54) is 9.81 Å². The van der Waals surface area contributed by atoms with Gasteiger partial charge >= 0.3 is 0 Å². The Morgan fingerprint density at radius 2 is 1.96 bits per heavy atom. The van der Waals surface area contributed by atoms with Crippen molar-refractivity contribution in [3.05, 3.63) is 88.5 Å². The van der Waals surface area contributed by atoms with Gasteiger partial charge in [-0.05, 0) is 56.0 Å². The standard InChI is InChI=1S/C23H24N2OS/c1-16(2)21-11-4-5-12-22(27-21)17(3)25-23(26)19-9-6-8-18(14-19)20-10-7-13-24-15-20/h6-15,17H,1,4-5H2,2-3H3,(H,25,26). The summed E-state index contributed by atoms with van der Waals surface area (Å²) in [5.41, 5.74) is 3.70. The molecule has 27 heavy (non-hydrogen) atoms. The first-order valence-electron chi connectivity index (χ1n) is 9.10. The Kier molecular flexibility index (Phi) is 6.30. The van der Waals surface area contributed by atoms with Gasteiger partial charge in [-0.3, -0.25) is 9.78 Å². The van der Waals surface area contributed by atoms with Crippen molar-refractivity contribution in [2.75, 3.05) is 0 Å². The van der Waals surface area contributed by atoms with Crippen LogP contribution in [0.3, 0.4) is 0 Å². The lowest BCUT2D eigenvalue weighted by Crippen LogP contribution is -2.33. The molecule has 3 nitrogen and oxygen atoms in total. The van der Waals surface area contributed by atoms with Gasteiger partial charge in [0, 0.05) is 33.3 Å². The molecule has 3 rings (SSSR count). The molecule has 4 heteroatoms.